The van der Waals surface area contributed by atoms with Crippen LogP contribution in [0.5, 0.6) is 11.5 Å². The molecule has 0 fully saturated rings. The molecular formula is C21H27ClN2O3. The number of likely N-dealkylation sites (N-methyl/N-ethyl adjacent to an activating group) is 1. The number of methoxy groups -OCH3 is 1. The van der Waals surface area contributed by atoms with Gasteiger partial charge in [-0.25, -0.2) is 0 Å². The Labute approximate surface area is 166 Å². The lowest BCUT2D eigenvalue weighted by Gasteiger charge is -2.26. The molecular weight excluding hydrogens is 364 g/mol. The van der Waals surface area contributed by atoms with E-state index in [0.717, 1.165) is 27.5 Å². The molecule has 0 aliphatic carbocycles. The van der Waals surface area contributed by atoms with Crippen molar-refractivity contribution in [2.75, 3.05) is 34.4 Å². The fourth-order valence-corrected chi connectivity index (χ4v) is 3.02. The molecule has 0 aliphatic heterocycles. The van der Waals surface area contributed by atoms with Crippen molar-refractivity contribution in [1.29, 1.82) is 0 Å². The van der Waals surface area contributed by atoms with Gasteiger partial charge in [0, 0.05) is 17.1 Å². The zero-order valence-electron chi connectivity index (χ0n) is 16.5. The molecule has 0 aliphatic rings. The number of carbonyl (C=O) groups excluding carboxylic acids is 1. The van der Waals surface area contributed by atoms with Crippen LogP contribution >= 0.6 is 11.6 Å². The Morgan fingerprint density at radius 2 is 1.81 bits per heavy atom. The molecule has 0 bridgehead atoms. The molecule has 0 heterocycles. The van der Waals surface area contributed by atoms with Crippen LogP contribution in [0.15, 0.2) is 36.4 Å². The second-order valence-electron chi connectivity index (χ2n) is 6.69. The number of para-hydroxylation sites is 1. The van der Waals surface area contributed by atoms with E-state index in [4.69, 9.17) is 21.1 Å². The van der Waals surface area contributed by atoms with E-state index >= 15 is 0 Å². The minimum atomic E-state index is -0.179. The van der Waals surface area contributed by atoms with Gasteiger partial charge in [0.05, 0.1) is 13.2 Å². The first-order valence-electron chi connectivity index (χ1n) is 8.79. The second-order valence-corrected chi connectivity index (χ2v) is 7.06. The summed E-state index contributed by atoms with van der Waals surface area (Å²) >= 11 is 6.16. The van der Waals surface area contributed by atoms with Gasteiger partial charge >= 0.3 is 0 Å². The van der Waals surface area contributed by atoms with Crippen LogP contribution in [0.2, 0.25) is 5.02 Å². The molecule has 2 aromatic rings. The van der Waals surface area contributed by atoms with E-state index in [9.17, 15) is 4.79 Å². The summed E-state index contributed by atoms with van der Waals surface area (Å²) in [5.74, 6) is 1.26. The zero-order valence-corrected chi connectivity index (χ0v) is 17.3. The normalized spacial score (nSPS) is 12.0. The molecule has 2 aromatic carbocycles. The number of halogens is 1. The summed E-state index contributed by atoms with van der Waals surface area (Å²) in [5, 5.41) is 3.66. The number of hydrogen-bond acceptors (Lipinski definition) is 4. The first-order valence-corrected chi connectivity index (χ1v) is 9.16. The minimum absolute atomic E-state index is 0.00915. The molecule has 27 heavy (non-hydrogen) atoms. The summed E-state index contributed by atoms with van der Waals surface area (Å²) in [5.41, 5.74) is 2.88. The largest absolute Gasteiger partial charge is 0.496 e. The van der Waals surface area contributed by atoms with E-state index in [-0.39, 0.29) is 18.6 Å². The smallest absolute Gasteiger partial charge is 0.258 e. The summed E-state index contributed by atoms with van der Waals surface area (Å²) in [7, 11) is 5.59. The molecule has 0 radical (unpaired) electrons. The van der Waals surface area contributed by atoms with Gasteiger partial charge < -0.3 is 19.7 Å². The van der Waals surface area contributed by atoms with Crippen molar-refractivity contribution >= 4 is 17.5 Å². The van der Waals surface area contributed by atoms with Gasteiger partial charge in [0.15, 0.2) is 6.61 Å². The zero-order chi connectivity index (χ0) is 20.0. The standard InChI is InChI=1S/C21H27ClN2O3/c1-14-10-16(11-15(2)21(14)22)27-13-20(25)23-12-18(24(3)4)17-8-6-7-9-19(17)26-5/h6-11,18H,12-13H2,1-5H3,(H,23,25). The Kier molecular flexibility index (Phi) is 7.51. The van der Waals surface area contributed by atoms with Crippen LogP contribution in [-0.2, 0) is 4.79 Å². The number of aryl methyl sites for hydroxylation is 2. The van der Waals surface area contributed by atoms with Crippen LogP contribution in [0.4, 0.5) is 0 Å². The fraction of sp³-hybridized carbons (Fsp3) is 0.381. The summed E-state index contributed by atoms with van der Waals surface area (Å²) < 4.78 is 11.1. The maximum absolute atomic E-state index is 12.3. The van der Waals surface area contributed by atoms with Gasteiger partial charge in [-0.1, -0.05) is 29.8 Å². The molecule has 1 atom stereocenters. The topological polar surface area (TPSA) is 50.8 Å². The van der Waals surface area contributed by atoms with Gasteiger partial charge in [-0.2, -0.15) is 0 Å². The summed E-state index contributed by atoms with van der Waals surface area (Å²) in [6.07, 6.45) is 0. The Morgan fingerprint density at radius 1 is 1.19 bits per heavy atom. The molecule has 2 rings (SSSR count). The quantitative estimate of drug-likeness (QED) is 0.745. The van der Waals surface area contributed by atoms with Crippen molar-refractivity contribution in [3.8, 4) is 11.5 Å². The molecule has 146 valence electrons. The Morgan fingerprint density at radius 3 is 2.41 bits per heavy atom. The van der Waals surface area contributed by atoms with E-state index in [1.165, 1.54) is 0 Å². The maximum atomic E-state index is 12.3. The minimum Gasteiger partial charge on any atom is -0.496 e. The third-order valence-electron chi connectivity index (χ3n) is 4.39. The van der Waals surface area contributed by atoms with Gasteiger partial charge in [0.1, 0.15) is 11.5 Å². The van der Waals surface area contributed by atoms with Crippen molar-refractivity contribution in [1.82, 2.24) is 10.2 Å². The van der Waals surface area contributed by atoms with Crippen LogP contribution in [0.3, 0.4) is 0 Å². The fourth-order valence-electron chi connectivity index (χ4n) is 2.91. The maximum Gasteiger partial charge on any atom is 0.258 e. The molecule has 6 heteroatoms. The SMILES string of the molecule is COc1ccccc1C(CNC(=O)COc1cc(C)c(Cl)c(C)c1)N(C)C. The van der Waals surface area contributed by atoms with Gasteiger partial charge in [-0.15, -0.1) is 0 Å². The van der Waals surface area contributed by atoms with Crippen molar-refractivity contribution in [2.45, 2.75) is 19.9 Å². The van der Waals surface area contributed by atoms with E-state index in [0.29, 0.717) is 12.3 Å². The number of benzene rings is 2. The Bertz CT molecular complexity index is 770. The number of ether oxygens (including phenoxy) is 2. The molecule has 1 unspecified atom stereocenters. The molecule has 0 saturated heterocycles. The van der Waals surface area contributed by atoms with E-state index < -0.39 is 0 Å². The highest BCUT2D eigenvalue weighted by Crippen LogP contribution is 2.28. The molecule has 1 amide bonds. The number of nitrogens with one attached hydrogen (secondary N) is 1. The Balaban J connectivity index is 1.96. The summed E-state index contributed by atoms with van der Waals surface area (Å²) in [6.45, 7) is 4.23. The monoisotopic (exact) mass is 390 g/mol. The highest BCUT2D eigenvalue weighted by atomic mass is 35.5. The third kappa shape index (κ3) is 5.62. The van der Waals surface area contributed by atoms with Crippen molar-refractivity contribution in [3.63, 3.8) is 0 Å². The van der Waals surface area contributed by atoms with Crippen molar-refractivity contribution in [3.05, 3.63) is 58.1 Å². The molecule has 0 spiro atoms. The molecule has 0 saturated carbocycles. The van der Waals surface area contributed by atoms with Crippen LogP contribution < -0.4 is 14.8 Å². The highest BCUT2D eigenvalue weighted by molar-refractivity contribution is 6.32. The summed E-state index contributed by atoms with van der Waals surface area (Å²) in [6, 6.07) is 11.5. The Hall–Kier alpha value is -2.24. The van der Waals surface area contributed by atoms with E-state index in [1.807, 2.05) is 69.2 Å². The number of carbonyl (C=O) groups is 1. The van der Waals surface area contributed by atoms with Crippen molar-refractivity contribution < 1.29 is 14.3 Å². The molecule has 5 nitrogen and oxygen atoms in total. The first-order chi connectivity index (χ1) is 12.8. The predicted molar refractivity (Wildman–Crippen MR) is 109 cm³/mol. The lowest BCUT2D eigenvalue weighted by atomic mass is 10.0. The van der Waals surface area contributed by atoms with Crippen LogP contribution in [-0.4, -0.2) is 45.2 Å². The number of nitrogens with zero attached hydrogens (tertiary/aromatic N) is 1. The van der Waals surface area contributed by atoms with Gasteiger partial charge in [0.2, 0.25) is 0 Å². The first kappa shape index (κ1) is 21.1. The third-order valence-corrected chi connectivity index (χ3v) is 4.99. The van der Waals surface area contributed by atoms with Gasteiger partial charge in [-0.3, -0.25) is 4.79 Å². The van der Waals surface area contributed by atoms with Crippen LogP contribution in [0.1, 0.15) is 22.7 Å². The number of amides is 1. The highest BCUT2D eigenvalue weighted by Gasteiger charge is 2.19. The lowest BCUT2D eigenvalue weighted by molar-refractivity contribution is -0.123. The van der Waals surface area contributed by atoms with Crippen LogP contribution in [0.25, 0.3) is 0 Å². The van der Waals surface area contributed by atoms with E-state index in [2.05, 4.69) is 5.32 Å². The predicted octanol–water partition coefficient (Wildman–Crippen LogP) is 3.76. The molecule has 1 N–H and O–H groups in total. The average molecular weight is 391 g/mol. The number of rotatable bonds is 8. The van der Waals surface area contributed by atoms with Gasteiger partial charge in [-0.05, 0) is 57.3 Å². The lowest BCUT2D eigenvalue weighted by Crippen LogP contribution is -2.37. The average Bonchev–Trinajstić information content (AvgIpc) is 2.64. The summed E-state index contributed by atoms with van der Waals surface area (Å²) in [4.78, 5) is 14.3. The van der Waals surface area contributed by atoms with Crippen molar-refractivity contribution in [2.24, 2.45) is 0 Å². The number of hydrogen-bond donors (Lipinski definition) is 1. The second kappa shape index (κ2) is 9.62. The van der Waals surface area contributed by atoms with E-state index in [1.54, 1.807) is 7.11 Å². The van der Waals surface area contributed by atoms with Gasteiger partial charge in [0.25, 0.3) is 5.91 Å². The van der Waals surface area contributed by atoms with Crippen LogP contribution in [0, 0.1) is 13.8 Å². The molecule has 0 aromatic heterocycles.